The standard InChI is InChI=1S/C27H36O6/c1-26(2,3)20-13-16(7-9-22(20)28)11-18(24(30)31)15-19(25(32)33)12-17-8-10-23(29)21(14-17)27(4,5)6/h7-10,13-14,18-19,28-29H,11-12,15H2,1-6H3,(H,30,31)(H,32,33). The van der Waals surface area contributed by atoms with E-state index in [-0.39, 0.29) is 41.6 Å². The predicted molar refractivity (Wildman–Crippen MR) is 128 cm³/mol. The van der Waals surface area contributed by atoms with Gasteiger partial charge in [0.25, 0.3) is 0 Å². The molecule has 2 aromatic carbocycles. The third-order valence-corrected chi connectivity index (χ3v) is 5.97. The van der Waals surface area contributed by atoms with Crippen LogP contribution in [0.2, 0.25) is 0 Å². The maximum atomic E-state index is 12.0. The van der Waals surface area contributed by atoms with E-state index in [1.165, 1.54) is 0 Å². The second-order valence-corrected chi connectivity index (χ2v) is 10.9. The number of hydrogen-bond acceptors (Lipinski definition) is 4. The highest BCUT2D eigenvalue weighted by molar-refractivity contribution is 5.74. The Kier molecular flexibility index (Phi) is 7.83. The van der Waals surface area contributed by atoms with Gasteiger partial charge in [-0.1, -0.05) is 65.8 Å². The zero-order valence-corrected chi connectivity index (χ0v) is 20.3. The molecule has 0 bridgehead atoms. The molecule has 180 valence electrons. The molecule has 0 heterocycles. The summed E-state index contributed by atoms with van der Waals surface area (Å²) >= 11 is 0. The highest BCUT2D eigenvalue weighted by Gasteiger charge is 2.29. The third-order valence-electron chi connectivity index (χ3n) is 5.97. The fraction of sp³-hybridized carbons (Fsp3) is 0.481. The molecule has 2 atom stereocenters. The van der Waals surface area contributed by atoms with E-state index < -0.39 is 23.8 Å². The Balaban J connectivity index is 2.28. The van der Waals surface area contributed by atoms with Crippen LogP contribution in [0.25, 0.3) is 0 Å². The lowest BCUT2D eigenvalue weighted by Crippen LogP contribution is -2.26. The first-order valence-electron chi connectivity index (χ1n) is 11.2. The van der Waals surface area contributed by atoms with E-state index >= 15 is 0 Å². The van der Waals surface area contributed by atoms with Crippen LogP contribution in [0.15, 0.2) is 36.4 Å². The van der Waals surface area contributed by atoms with Crippen molar-refractivity contribution >= 4 is 11.9 Å². The Hall–Kier alpha value is -3.02. The molecule has 0 aromatic heterocycles. The Morgan fingerprint density at radius 3 is 1.30 bits per heavy atom. The van der Waals surface area contributed by atoms with Gasteiger partial charge in [0.2, 0.25) is 0 Å². The van der Waals surface area contributed by atoms with Crippen molar-refractivity contribution in [1.29, 1.82) is 0 Å². The maximum Gasteiger partial charge on any atom is 0.306 e. The number of aliphatic carboxylic acids is 2. The number of carboxylic acids is 2. The predicted octanol–water partition coefficient (Wildman–Crippen LogP) is 5.27. The highest BCUT2D eigenvalue weighted by atomic mass is 16.4. The number of hydrogen-bond donors (Lipinski definition) is 4. The molecule has 0 fully saturated rings. The fourth-order valence-electron chi connectivity index (χ4n) is 4.08. The first-order chi connectivity index (χ1) is 15.1. The molecular weight excluding hydrogens is 420 g/mol. The van der Waals surface area contributed by atoms with Crippen molar-refractivity contribution < 1.29 is 30.0 Å². The van der Waals surface area contributed by atoms with Gasteiger partial charge in [0.1, 0.15) is 11.5 Å². The quantitative estimate of drug-likeness (QED) is 0.430. The Morgan fingerprint density at radius 1 is 0.697 bits per heavy atom. The van der Waals surface area contributed by atoms with Gasteiger partial charge in [-0.3, -0.25) is 9.59 Å². The minimum atomic E-state index is -1.05. The van der Waals surface area contributed by atoms with Crippen molar-refractivity contribution in [3.05, 3.63) is 58.7 Å². The molecule has 2 unspecified atom stereocenters. The molecule has 2 aromatic rings. The molecule has 6 heteroatoms. The number of carboxylic acid groups (broad SMARTS) is 2. The number of aromatic hydroxyl groups is 2. The van der Waals surface area contributed by atoms with Gasteiger partial charge >= 0.3 is 11.9 Å². The largest absolute Gasteiger partial charge is 0.508 e. The van der Waals surface area contributed by atoms with E-state index in [0.29, 0.717) is 0 Å². The lowest BCUT2D eigenvalue weighted by Gasteiger charge is -2.23. The first-order valence-corrected chi connectivity index (χ1v) is 11.2. The first kappa shape index (κ1) is 26.2. The van der Waals surface area contributed by atoms with E-state index in [0.717, 1.165) is 22.3 Å². The maximum absolute atomic E-state index is 12.0. The number of phenolic OH excluding ortho intramolecular Hbond substituents is 2. The second-order valence-electron chi connectivity index (χ2n) is 10.9. The van der Waals surface area contributed by atoms with E-state index in [1.807, 2.05) is 41.5 Å². The number of rotatable bonds is 8. The lowest BCUT2D eigenvalue weighted by atomic mass is 9.81. The molecule has 0 amide bonds. The molecule has 0 aliphatic heterocycles. The number of benzene rings is 2. The van der Waals surface area contributed by atoms with Gasteiger partial charge in [-0.25, -0.2) is 0 Å². The van der Waals surface area contributed by atoms with Crippen molar-refractivity contribution in [3.8, 4) is 11.5 Å². The smallest absolute Gasteiger partial charge is 0.306 e. The van der Waals surface area contributed by atoms with Crippen molar-refractivity contribution in [1.82, 2.24) is 0 Å². The third kappa shape index (κ3) is 6.98. The zero-order valence-electron chi connectivity index (χ0n) is 20.3. The summed E-state index contributed by atoms with van der Waals surface area (Å²) in [5.74, 6) is -3.56. The van der Waals surface area contributed by atoms with Crippen LogP contribution < -0.4 is 0 Å². The molecular formula is C27H36O6. The summed E-state index contributed by atoms with van der Waals surface area (Å²) in [4.78, 5) is 24.0. The molecule has 6 nitrogen and oxygen atoms in total. The fourth-order valence-corrected chi connectivity index (χ4v) is 4.08. The van der Waals surface area contributed by atoms with Gasteiger partial charge in [0.05, 0.1) is 11.8 Å². The van der Waals surface area contributed by atoms with Crippen molar-refractivity contribution in [3.63, 3.8) is 0 Å². The Bertz CT molecular complexity index is 929. The van der Waals surface area contributed by atoms with Crippen LogP contribution in [0, 0.1) is 11.8 Å². The van der Waals surface area contributed by atoms with Crippen LogP contribution in [-0.4, -0.2) is 32.4 Å². The highest BCUT2D eigenvalue weighted by Crippen LogP contribution is 2.34. The topological polar surface area (TPSA) is 115 Å². The summed E-state index contributed by atoms with van der Waals surface area (Å²) in [5.41, 5.74) is 2.30. The summed E-state index contributed by atoms with van der Waals surface area (Å²) in [5, 5.41) is 40.0. The molecule has 0 aliphatic rings. The molecule has 0 saturated heterocycles. The SMILES string of the molecule is CC(C)(C)c1cc(CC(CC(Cc2ccc(O)c(C(C)(C)C)c2)C(=O)O)C(=O)O)ccc1O. The van der Waals surface area contributed by atoms with E-state index in [4.69, 9.17) is 0 Å². The summed E-state index contributed by atoms with van der Waals surface area (Å²) in [6.07, 6.45) is 0.318. The van der Waals surface area contributed by atoms with Crippen LogP contribution in [0.3, 0.4) is 0 Å². The van der Waals surface area contributed by atoms with Crippen molar-refractivity contribution in [2.75, 3.05) is 0 Å². The average Bonchev–Trinajstić information content (AvgIpc) is 2.67. The Morgan fingerprint density at radius 2 is 1.03 bits per heavy atom. The van der Waals surface area contributed by atoms with Crippen LogP contribution in [0.5, 0.6) is 11.5 Å². The molecule has 0 saturated carbocycles. The molecule has 2 rings (SSSR count). The molecule has 0 spiro atoms. The summed E-state index contributed by atoms with van der Waals surface area (Å²) in [6.45, 7) is 11.8. The van der Waals surface area contributed by atoms with Crippen LogP contribution in [0.1, 0.15) is 70.2 Å². The lowest BCUT2D eigenvalue weighted by molar-refractivity contribution is -0.145. The zero-order chi connectivity index (χ0) is 25.1. The van der Waals surface area contributed by atoms with Crippen LogP contribution >= 0.6 is 0 Å². The Labute approximate surface area is 195 Å². The number of phenols is 2. The molecule has 4 N–H and O–H groups in total. The van der Waals surface area contributed by atoms with E-state index in [2.05, 4.69) is 0 Å². The van der Waals surface area contributed by atoms with E-state index in [1.54, 1.807) is 36.4 Å². The van der Waals surface area contributed by atoms with Crippen molar-refractivity contribution in [2.24, 2.45) is 11.8 Å². The molecule has 0 aliphatic carbocycles. The van der Waals surface area contributed by atoms with Crippen molar-refractivity contribution in [2.45, 2.75) is 71.6 Å². The average molecular weight is 457 g/mol. The van der Waals surface area contributed by atoms with Gasteiger partial charge in [-0.05, 0) is 64.5 Å². The minimum absolute atomic E-state index is 0.0257. The van der Waals surface area contributed by atoms with Gasteiger partial charge in [-0.2, -0.15) is 0 Å². The monoisotopic (exact) mass is 456 g/mol. The molecule has 0 radical (unpaired) electrons. The van der Waals surface area contributed by atoms with Gasteiger partial charge < -0.3 is 20.4 Å². The second kappa shape index (κ2) is 9.86. The molecule has 33 heavy (non-hydrogen) atoms. The summed E-state index contributed by atoms with van der Waals surface area (Å²) in [7, 11) is 0. The van der Waals surface area contributed by atoms with Gasteiger partial charge in [-0.15, -0.1) is 0 Å². The summed E-state index contributed by atoms with van der Waals surface area (Å²) < 4.78 is 0. The van der Waals surface area contributed by atoms with Crippen LogP contribution in [0.4, 0.5) is 0 Å². The summed E-state index contributed by atoms with van der Waals surface area (Å²) in [6, 6.07) is 10.1. The van der Waals surface area contributed by atoms with E-state index in [9.17, 15) is 30.0 Å². The van der Waals surface area contributed by atoms with Crippen LogP contribution in [-0.2, 0) is 33.3 Å². The normalized spacial score (nSPS) is 14.0. The van der Waals surface area contributed by atoms with Gasteiger partial charge in [0, 0.05) is 0 Å². The number of carbonyl (C=O) groups is 2. The minimum Gasteiger partial charge on any atom is -0.508 e. The van der Waals surface area contributed by atoms with Gasteiger partial charge in [0.15, 0.2) is 0 Å².